The molecule has 0 radical (unpaired) electrons. The van der Waals surface area contributed by atoms with E-state index in [9.17, 15) is 4.79 Å². The summed E-state index contributed by atoms with van der Waals surface area (Å²) >= 11 is 0. The Labute approximate surface area is 88.9 Å². The molecule has 0 fully saturated rings. The SMILES string of the molecule is C=C(C)CN(C)c1ccnc(C(=O)O)c1. The molecule has 0 bridgehead atoms. The summed E-state index contributed by atoms with van der Waals surface area (Å²) < 4.78 is 0. The molecular formula is C11H14N2O2. The van der Waals surface area contributed by atoms with Gasteiger partial charge in [0.2, 0.25) is 0 Å². The molecule has 0 saturated carbocycles. The van der Waals surface area contributed by atoms with Gasteiger partial charge in [-0.25, -0.2) is 9.78 Å². The van der Waals surface area contributed by atoms with Gasteiger partial charge in [-0.05, 0) is 19.1 Å². The molecule has 1 rings (SSSR count). The second-order valence-corrected chi connectivity index (χ2v) is 3.52. The molecule has 1 heterocycles. The van der Waals surface area contributed by atoms with Crippen molar-refractivity contribution in [1.29, 1.82) is 0 Å². The Bertz CT molecular complexity index is 388. The zero-order valence-electron chi connectivity index (χ0n) is 8.90. The summed E-state index contributed by atoms with van der Waals surface area (Å²) in [6, 6.07) is 3.32. The molecule has 0 saturated heterocycles. The highest BCUT2D eigenvalue weighted by molar-refractivity contribution is 5.86. The number of anilines is 1. The minimum absolute atomic E-state index is 0.0565. The largest absolute Gasteiger partial charge is 0.477 e. The monoisotopic (exact) mass is 206 g/mol. The molecular weight excluding hydrogens is 192 g/mol. The van der Waals surface area contributed by atoms with Crippen molar-refractivity contribution in [2.24, 2.45) is 0 Å². The molecule has 0 aliphatic carbocycles. The lowest BCUT2D eigenvalue weighted by Gasteiger charge is -2.19. The summed E-state index contributed by atoms with van der Waals surface area (Å²) in [5, 5.41) is 8.77. The van der Waals surface area contributed by atoms with Crippen LogP contribution in [-0.2, 0) is 0 Å². The van der Waals surface area contributed by atoms with Gasteiger partial charge in [0.05, 0.1) is 0 Å². The van der Waals surface area contributed by atoms with E-state index < -0.39 is 5.97 Å². The van der Waals surface area contributed by atoms with Gasteiger partial charge in [0.25, 0.3) is 0 Å². The molecule has 0 unspecified atom stereocenters. The number of carboxylic acids is 1. The van der Waals surface area contributed by atoms with Gasteiger partial charge < -0.3 is 10.0 Å². The Kier molecular flexibility index (Phi) is 3.44. The van der Waals surface area contributed by atoms with Crippen LogP contribution in [0.3, 0.4) is 0 Å². The van der Waals surface area contributed by atoms with Gasteiger partial charge in [-0.1, -0.05) is 12.2 Å². The third-order valence-corrected chi connectivity index (χ3v) is 1.91. The van der Waals surface area contributed by atoms with E-state index in [1.54, 1.807) is 12.1 Å². The number of aromatic carboxylic acids is 1. The fourth-order valence-electron chi connectivity index (χ4n) is 1.27. The summed E-state index contributed by atoms with van der Waals surface area (Å²) in [5.41, 5.74) is 1.90. The lowest BCUT2D eigenvalue weighted by Crippen LogP contribution is -2.19. The van der Waals surface area contributed by atoms with Crippen molar-refractivity contribution in [3.05, 3.63) is 36.2 Å². The molecule has 0 aliphatic heterocycles. The molecule has 0 aliphatic rings. The molecule has 0 aromatic carbocycles. The molecule has 4 nitrogen and oxygen atoms in total. The third-order valence-electron chi connectivity index (χ3n) is 1.91. The summed E-state index contributed by atoms with van der Waals surface area (Å²) in [6.45, 7) is 6.43. The Morgan fingerprint density at radius 2 is 2.33 bits per heavy atom. The number of likely N-dealkylation sites (N-methyl/N-ethyl adjacent to an activating group) is 1. The van der Waals surface area contributed by atoms with E-state index in [4.69, 9.17) is 5.11 Å². The summed E-state index contributed by atoms with van der Waals surface area (Å²) in [7, 11) is 1.88. The number of hydrogen-bond acceptors (Lipinski definition) is 3. The first-order valence-corrected chi connectivity index (χ1v) is 4.55. The first kappa shape index (κ1) is 11.2. The number of hydrogen-bond donors (Lipinski definition) is 1. The van der Waals surface area contributed by atoms with E-state index in [-0.39, 0.29) is 5.69 Å². The topological polar surface area (TPSA) is 53.4 Å². The third kappa shape index (κ3) is 3.09. The van der Waals surface area contributed by atoms with Gasteiger partial charge in [-0.3, -0.25) is 0 Å². The van der Waals surface area contributed by atoms with Gasteiger partial charge >= 0.3 is 5.97 Å². The van der Waals surface area contributed by atoms with E-state index in [0.29, 0.717) is 6.54 Å². The first-order valence-electron chi connectivity index (χ1n) is 4.55. The highest BCUT2D eigenvalue weighted by atomic mass is 16.4. The molecule has 1 aromatic rings. The van der Waals surface area contributed by atoms with Crippen LogP contribution in [0.2, 0.25) is 0 Å². The standard InChI is InChI=1S/C11H14N2O2/c1-8(2)7-13(3)9-4-5-12-10(6-9)11(14)15/h4-6H,1,7H2,2-3H3,(H,14,15). The van der Waals surface area contributed by atoms with Gasteiger partial charge in [0.1, 0.15) is 5.69 Å². The molecule has 1 aromatic heterocycles. The minimum atomic E-state index is -1.01. The highest BCUT2D eigenvalue weighted by Gasteiger charge is 2.07. The number of rotatable bonds is 4. The van der Waals surface area contributed by atoms with Crippen molar-refractivity contribution < 1.29 is 9.90 Å². The number of aromatic nitrogens is 1. The van der Waals surface area contributed by atoms with Crippen LogP contribution in [0.4, 0.5) is 5.69 Å². The van der Waals surface area contributed by atoms with Gasteiger partial charge in [0.15, 0.2) is 0 Å². The number of carboxylic acid groups (broad SMARTS) is 1. The van der Waals surface area contributed by atoms with Crippen molar-refractivity contribution in [1.82, 2.24) is 4.98 Å². The van der Waals surface area contributed by atoms with Crippen LogP contribution in [0.5, 0.6) is 0 Å². The van der Waals surface area contributed by atoms with Crippen molar-refractivity contribution in [2.75, 3.05) is 18.5 Å². The average molecular weight is 206 g/mol. The predicted octanol–water partition coefficient (Wildman–Crippen LogP) is 1.79. The van der Waals surface area contributed by atoms with Crippen LogP contribution in [0.1, 0.15) is 17.4 Å². The smallest absolute Gasteiger partial charge is 0.354 e. The molecule has 0 amide bonds. The Hall–Kier alpha value is -1.84. The van der Waals surface area contributed by atoms with E-state index >= 15 is 0 Å². The van der Waals surface area contributed by atoms with Crippen LogP contribution in [0, 0.1) is 0 Å². The molecule has 80 valence electrons. The van der Waals surface area contributed by atoms with E-state index in [1.165, 1.54) is 6.20 Å². The van der Waals surface area contributed by atoms with Crippen LogP contribution in [0.25, 0.3) is 0 Å². The van der Waals surface area contributed by atoms with Crippen molar-refractivity contribution >= 4 is 11.7 Å². The van der Waals surface area contributed by atoms with Crippen LogP contribution in [0.15, 0.2) is 30.5 Å². The minimum Gasteiger partial charge on any atom is -0.477 e. The van der Waals surface area contributed by atoms with E-state index in [1.807, 2.05) is 18.9 Å². The number of carbonyl (C=O) groups is 1. The maximum Gasteiger partial charge on any atom is 0.354 e. The Morgan fingerprint density at radius 3 is 2.87 bits per heavy atom. The lowest BCUT2D eigenvalue weighted by molar-refractivity contribution is 0.0690. The molecule has 4 heteroatoms. The number of nitrogens with zero attached hydrogens (tertiary/aromatic N) is 2. The molecule has 0 spiro atoms. The molecule has 15 heavy (non-hydrogen) atoms. The molecule has 1 N–H and O–H groups in total. The van der Waals surface area contributed by atoms with Crippen LogP contribution in [-0.4, -0.2) is 29.7 Å². The summed E-state index contributed by atoms with van der Waals surface area (Å²) in [4.78, 5) is 16.4. The van der Waals surface area contributed by atoms with Crippen LogP contribution < -0.4 is 4.90 Å². The quantitative estimate of drug-likeness (QED) is 0.763. The average Bonchev–Trinajstić information content (AvgIpc) is 2.17. The highest BCUT2D eigenvalue weighted by Crippen LogP contribution is 2.13. The number of pyridine rings is 1. The maximum atomic E-state index is 10.7. The maximum absolute atomic E-state index is 10.7. The second kappa shape index (κ2) is 4.59. The fraction of sp³-hybridized carbons (Fsp3) is 0.273. The van der Waals surface area contributed by atoms with Gasteiger partial charge in [-0.2, -0.15) is 0 Å². The van der Waals surface area contributed by atoms with E-state index in [0.717, 1.165) is 11.3 Å². The van der Waals surface area contributed by atoms with Crippen LogP contribution >= 0.6 is 0 Å². The first-order chi connectivity index (χ1) is 7.00. The Balaban J connectivity index is 2.89. The zero-order chi connectivity index (χ0) is 11.4. The van der Waals surface area contributed by atoms with Gasteiger partial charge in [0, 0.05) is 25.5 Å². The van der Waals surface area contributed by atoms with E-state index in [2.05, 4.69) is 11.6 Å². The molecule has 0 atom stereocenters. The predicted molar refractivity (Wildman–Crippen MR) is 59.3 cm³/mol. The van der Waals surface area contributed by atoms with Crippen molar-refractivity contribution in [3.8, 4) is 0 Å². The Morgan fingerprint density at radius 1 is 1.67 bits per heavy atom. The zero-order valence-corrected chi connectivity index (χ0v) is 8.90. The van der Waals surface area contributed by atoms with Crippen molar-refractivity contribution in [3.63, 3.8) is 0 Å². The van der Waals surface area contributed by atoms with Crippen molar-refractivity contribution in [2.45, 2.75) is 6.92 Å². The normalized spacial score (nSPS) is 9.73. The second-order valence-electron chi connectivity index (χ2n) is 3.52. The summed E-state index contributed by atoms with van der Waals surface area (Å²) in [6.07, 6.45) is 1.49. The lowest BCUT2D eigenvalue weighted by atomic mass is 10.2. The fourth-order valence-corrected chi connectivity index (χ4v) is 1.27. The summed E-state index contributed by atoms with van der Waals surface area (Å²) in [5.74, 6) is -1.01. The van der Waals surface area contributed by atoms with Gasteiger partial charge in [-0.15, -0.1) is 0 Å².